The molecule has 0 fully saturated rings. The van der Waals surface area contributed by atoms with Gasteiger partial charge in [0.1, 0.15) is 18.1 Å². The molecule has 11 heteroatoms. The molecule has 0 saturated heterocycles. The van der Waals surface area contributed by atoms with Crippen LogP contribution in [-0.4, -0.2) is 64.0 Å². The van der Waals surface area contributed by atoms with Crippen molar-refractivity contribution in [1.82, 2.24) is 16.0 Å². The van der Waals surface area contributed by atoms with Crippen LogP contribution in [0.25, 0.3) is 0 Å². The molecule has 3 amide bonds. The van der Waals surface area contributed by atoms with Gasteiger partial charge in [-0.2, -0.15) is 0 Å². The van der Waals surface area contributed by atoms with Gasteiger partial charge in [0.2, 0.25) is 17.7 Å². The van der Waals surface area contributed by atoms with Crippen LogP contribution in [0.5, 0.6) is 0 Å². The minimum atomic E-state index is -1.24. The van der Waals surface area contributed by atoms with Gasteiger partial charge in [-0.3, -0.25) is 24.0 Å². The highest BCUT2D eigenvalue weighted by Gasteiger charge is 2.28. The van der Waals surface area contributed by atoms with E-state index in [2.05, 4.69) is 16.0 Å². The van der Waals surface area contributed by atoms with E-state index in [0.717, 1.165) is 0 Å². The summed E-state index contributed by atoms with van der Waals surface area (Å²) >= 11 is 0. The maximum absolute atomic E-state index is 12.4. The molecule has 0 heterocycles. The highest BCUT2D eigenvalue weighted by Crippen LogP contribution is 2.07. The fourth-order valence-electron chi connectivity index (χ4n) is 2.10. The lowest BCUT2D eigenvalue weighted by atomic mass is 9.98. The maximum Gasteiger partial charge on any atom is 0.325 e. The summed E-state index contributed by atoms with van der Waals surface area (Å²) in [4.78, 5) is 58.2. The maximum atomic E-state index is 12.4. The molecule has 28 heavy (non-hydrogen) atoms. The van der Waals surface area contributed by atoms with E-state index >= 15 is 0 Å². The van der Waals surface area contributed by atoms with Gasteiger partial charge in [0.15, 0.2) is 0 Å². The van der Waals surface area contributed by atoms with Crippen LogP contribution in [0, 0.1) is 5.92 Å². The van der Waals surface area contributed by atoms with E-state index in [1.807, 2.05) is 6.92 Å². The number of amides is 3. The molecule has 0 radical (unpaired) electrons. The standard InChI is InChI=1S/C17H30N4O7/c1-5-8(2)13(18)16(26)21-11(6-7-12(22)23)15(25)19-9(3)14(24)20-10(4)17(27)28/h8-11,13H,5-7,18H2,1-4H3,(H,19,25)(H,20,24)(H,21,26)(H,22,23)(H,27,28). The van der Waals surface area contributed by atoms with Crippen molar-refractivity contribution in [2.24, 2.45) is 11.7 Å². The van der Waals surface area contributed by atoms with Gasteiger partial charge in [-0.15, -0.1) is 0 Å². The second kappa shape index (κ2) is 11.9. The molecule has 0 aromatic carbocycles. The Hall–Kier alpha value is -2.69. The van der Waals surface area contributed by atoms with E-state index in [0.29, 0.717) is 6.42 Å². The molecule has 0 bridgehead atoms. The molecule has 0 aliphatic heterocycles. The quantitative estimate of drug-likeness (QED) is 0.235. The number of hydrogen-bond donors (Lipinski definition) is 6. The van der Waals surface area contributed by atoms with E-state index in [9.17, 15) is 24.0 Å². The summed E-state index contributed by atoms with van der Waals surface area (Å²) in [6.07, 6.45) is 0.0626. The number of carboxylic acid groups (broad SMARTS) is 2. The second-order valence-corrected chi connectivity index (χ2v) is 6.70. The first-order valence-electron chi connectivity index (χ1n) is 9.01. The van der Waals surface area contributed by atoms with E-state index in [1.54, 1.807) is 6.92 Å². The van der Waals surface area contributed by atoms with E-state index in [1.165, 1.54) is 13.8 Å². The topological polar surface area (TPSA) is 188 Å². The smallest absolute Gasteiger partial charge is 0.325 e. The Kier molecular flexibility index (Phi) is 10.8. The molecule has 0 aromatic heterocycles. The van der Waals surface area contributed by atoms with Crippen molar-refractivity contribution in [1.29, 1.82) is 0 Å². The van der Waals surface area contributed by atoms with Gasteiger partial charge in [-0.1, -0.05) is 20.3 Å². The lowest BCUT2D eigenvalue weighted by Crippen LogP contribution is -2.56. The van der Waals surface area contributed by atoms with Crippen molar-refractivity contribution in [2.45, 2.75) is 71.1 Å². The fourth-order valence-corrected chi connectivity index (χ4v) is 2.10. The molecule has 0 rings (SSSR count). The highest BCUT2D eigenvalue weighted by molar-refractivity contribution is 5.94. The summed E-state index contributed by atoms with van der Waals surface area (Å²) < 4.78 is 0. The summed E-state index contributed by atoms with van der Waals surface area (Å²) in [5, 5.41) is 24.6. The molecule has 0 aliphatic rings. The van der Waals surface area contributed by atoms with Gasteiger partial charge < -0.3 is 31.9 Å². The fraction of sp³-hybridized carbons (Fsp3) is 0.706. The van der Waals surface area contributed by atoms with Crippen molar-refractivity contribution in [3.63, 3.8) is 0 Å². The molecule has 0 aliphatic carbocycles. The third-order valence-electron chi connectivity index (χ3n) is 4.32. The molecule has 0 spiro atoms. The SMILES string of the molecule is CCC(C)C(N)C(=O)NC(CCC(=O)O)C(=O)NC(C)C(=O)NC(C)C(=O)O. The van der Waals surface area contributed by atoms with Crippen molar-refractivity contribution >= 4 is 29.7 Å². The zero-order valence-corrected chi connectivity index (χ0v) is 16.5. The van der Waals surface area contributed by atoms with Crippen molar-refractivity contribution in [2.75, 3.05) is 0 Å². The number of nitrogens with one attached hydrogen (secondary N) is 3. The van der Waals surface area contributed by atoms with Crippen LogP contribution in [0.2, 0.25) is 0 Å². The average molecular weight is 402 g/mol. The molecule has 7 N–H and O–H groups in total. The first kappa shape index (κ1) is 25.3. The number of hydrogen-bond acceptors (Lipinski definition) is 6. The summed E-state index contributed by atoms with van der Waals surface area (Å²) in [6.45, 7) is 6.22. The third-order valence-corrected chi connectivity index (χ3v) is 4.32. The van der Waals surface area contributed by atoms with Crippen LogP contribution in [0.1, 0.15) is 47.0 Å². The zero-order valence-electron chi connectivity index (χ0n) is 16.5. The third kappa shape index (κ3) is 8.80. The van der Waals surface area contributed by atoms with E-state index < -0.39 is 53.8 Å². The Morgan fingerprint density at radius 3 is 1.86 bits per heavy atom. The van der Waals surface area contributed by atoms with Crippen LogP contribution in [-0.2, 0) is 24.0 Å². The Morgan fingerprint density at radius 1 is 0.857 bits per heavy atom. The van der Waals surface area contributed by atoms with Crippen molar-refractivity contribution in [3.8, 4) is 0 Å². The number of carboxylic acids is 2. The highest BCUT2D eigenvalue weighted by atomic mass is 16.4. The van der Waals surface area contributed by atoms with Crippen LogP contribution in [0.15, 0.2) is 0 Å². The van der Waals surface area contributed by atoms with Gasteiger partial charge in [0.25, 0.3) is 0 Å². The summed E-state index contributed by atoms with van der Waals surface area (Å²) in [5.74, 6) is -4.64. The van der Waals surface area contributed by atoms with Crippen molar-refractivity contribution in [3.05, 3.63) is 0 Å². The van der Waals surface area contributed by atoms with E-state index in [4.69, 9.17) is 15.9 Å². The van der Waals surface area contributed by atoms with Crippen LogP contribution in [0.4, 0.5) is 0 Å². The Balaban J connectivity index is 5.05. The molecule has 5 unspecified atom stereocenters. The molecule has 160 valence electrons. The summed E-state index contributed by atoms with van der Waals surface area (Å²) in [7, 11) is 0. The average Bonchev–Trinajstić information content (AvgIpc) is 2.62. The first-order chi connectivity index (χ1) is 12.9. The van der Waals surface area contributed by atoms with Crippen LogP contribution < -0.4 is 21.7 Å². The second-order valence-electron chi connectivity index (χ2n) is 6.70. The minimum Gasteiger partial charge on any atom is -0.481 e. The monoisotopic (exact) mass is 402 g/mol. The van der Waals surface area contributed by atoms with Gasteiger partial charge in [0, 0.05) is 6.42 Å². The molecule has 0 saturated carbocycles. The number of carbonyl (C=O) groups excluding carboxylic acids is 3. The number of nitrogens with two attached hydrogens (primary N) is 1. The van der Waals surface area contributed by atoms with Gasteiger partial charge in [-0.25, -0.2) is 0 Å². The Labute approximate surface area is 163 Å². The largest absolute Gasteiger partial charge is 0.481 e. The lowest BCUT2D eigenvalue weighted by Gasteiger charge is -2.24. The number of rotatable bonds is 12. The van der Waals surface area contributed by atoms with Crippen molar-refractivity contribution < 1.29 is 34.2 Å². The summed E-state index contributed by atoms with van der Waals surface area (Å²) in [6, 6.07) is -4.32. The Morgan fingerprint density at radius 2 is 1.39 bits per heavy atom. The zero-order chi connectivity index (χ0) is 22.0. The van der Waals surface area contributed by atoms with Crippen LogP contribution in [0.3, 0.4) is 0 Å². The molecular formula is C17H30N4O7. The Bertz CT molecular complexity index is 596. The lowest BCUT2D eigenvalue weighted by molar-refractivity contribution is -0.141. The summed E-state index contributed by atoms with van der Waals surface area (Å²) in [5.41, 5.74) is 5.83. The minimum absolute atomic E-state index is 0.148. The molecule has 5 atom stereocenters. The molecule has 11 nitrogen and oxygen atoms in total. The van der Waals surface area contributed by atoms with Gasteiger partial charge in [-0.05, 0) is 26.2 Å². The molecule has 0 aromatic rings. The number of carbonyl (C=O) groups is 5. The predicted molar refractivity (Wildman–Crippen MR) is 99.1 cm³/mol. The van der Waals surface area contributed by atoms with E-state index in [-0.39, 0.29) is 18.8 Å². The van der Waals surface area contributed by atoms with Gasteiger partial charge >= 0.3 is 11.9 Å². The van der Waals surface area contributed by atoms with Crippen LogP contribution >= 0.6 is 0 Å². The number of aliphatic carboxylic acids is 2. The predicted octanol–water partition coefficient (Wildman–Crippen LogP) is -1.20. The molecular weight excluding hydrogens is 372 g/mol. The van der Waals surface area contributed by atoms with Gasteiger partial charge in [0.05, 0.1) is 6.04 Å². The first-order valence-corrected chi connectivity index (χ1v) is 9.01. The normalized spacial score (nSPS) is 16.0.